The summed E-state index contributed by atoms with van der Waals surface area (Å²) in [5.41, 5.74) is 7.10. The number of benzene rings is 2. The number of furan rings is 3. The highest BCUT2D eigenvalue weighted by Crippen LogP contribution is 2.54. The zero-order valence-electron chi connectivity index (χ0n) is 20.3. The summed E-state index contributed by atoms with van der Waals surface area (Å²) in [4.78, 5) is 2.61. The maximum Gasteiger partial charge on any atom is 0.298 e. The van der Waals surface area contributed by atoms with Gasteiger partial charge in [0.2, 0.25) is 5.69 Å². The van der Waals surface area contributed by atoms with Crippen LogP contribution < -0.4 is 4.57 Å². The Morgan fingerprint density at radius 1 is 0.941 bits per heavy atom. The Hall–Kier alpha value is -3.18. The van der Waals surface area contributed by atoms with E-state index in [0.29, 0.717) is 5.78 Å². The molecule has 6 aromatic rings. The Balaban J connectivity index is 1.66. The molecular formula is C29H26NO3S+. The first-order valence-electron chi connectivity index (χ1n) is 11.7. The summed E-state index contributed by atoms with van der Waals surface area (Å²) >= 11 is 1.89. The molecule has 0 aliphatic carbocycles. The zero-order chi connectivity index (χ0) is 23.5. The molecule has 2 aromatic carbocycles. The predicted molar refractivity (Wildman–Crippen MR) is 137 cm³/mol. The van der Waals surface area contributed by atoms with Crippen LogP contribution in [-0.2, 0) is 13.5 Å². The van der Waals surface area contributed by atoms with E-state index in [-0.39, 0.29) is 5.41 Å². The number of hydrogen-bond acceptors (Lipinski definition) is 4. The number of rotatable bonds is 1. The van der Waals surface area contributed by atoms with Crippen molar-refractivity contribution in [2.45, 2.75) is 50.8 Å². The van der Waals surface area contributed by atoms with Crippen LogP contribution in [0.5, 0.6) is 0 Å². The molecule has 0 saturated carbocycles. The van der Waals surface area contributed by atoms with Crippen LogP contribution >= 0.6 is 11.8 Å². The third-order valence-electron chi connectivity index (χ3n) is 7.00. The van der Waals surface area contributed by atoms with E-state index in [4.69, 9.17) is 13.3 Å². The minimum absolute atomic E-state index is 0.150. The van der Waals surface area contributed by atoms with Crippen LogP contribution in [-0.4, -0.2) is 0 Å². The lowest BCUT2D eigenvalue weighted by Crippen LogP contribution is -2.32. The van der Waals surface area contributed by atoms with E-state index in [1.807, 2.05) is 24.9 Å². The molecule has 0 amide bonds. The fourth-order valence-electron chi connectivity index (χ4n) is 5.65. The average molecular weight is 469 g/mol. The lowest BCUT2D eigenvalue weighted by Gasteiger charge is -2.26. The zero-order valence-corrected chi connectivity index (χ0v) is 21.1. The molecule has 7 rings (SSSR count). The normalized spacial score (nSPS) is 13.6. The molecule has 0 fully saturated rings. The van der Waals surface area contributed by atoms with E-state index in [9.17, 15) is 0 Å². The molecule has 1 aliphatic heterocycles. The van der Waals surface area contributed by atoms with Gasteiger partial charge in [0.05, 0.1) is 22.6 Å². The van der Waals surface area contributed by atoms with Crippen LogP contribution in [0.2, 0.25) is 0 Å². The fraction of sp³-hybridized carbons (Fsp3) is 0.276. The topological polar surface area (TPSA) is 43.3 Å². The van der Waals surface area contributed by atoms with Gasteiger partial charge in [0.1, 0.15) is 24.0 Å². The van der Waals surface area contributed by atoms with E-state index in [1.54, 1.807) is 0 Å². The predicted octanol–water partition coefficient (Wildman–Crippen LogP) is 8.24. The lowest BCUT2D eigenvalue weighted by molar-refractivity contribution is -0.659. The molecule has 0 unspecified atom stereocenters. The summed E-state index contributed by atoms with van der Waals surface area (Å²) in [7, 11) is 2.13. The summed E-state index contributed by atoms with van der Waals surface area (Å²) in [6.45, 7) is 11.1. The van der Waals surface area contributed by atoms with Gasteiger partial charge >= 0.3 is 0 Å². The van der Waals surface area contributed by atoms with Crippen molar-refractivity contribution in [3.05, 3.63) is 53.6 Å². The molecular weight excluding hydrogens is 442 g/mol. The summed E-state index contributed by atoms with van der Waals surface area (Å²) < 4.78 is 20.4. The molecule has 5 heterocycles. The average Bonchev–Trinajstić information content (AvgIpc) is 3.47. The highest BCUT2D eigenvalue weighted by molar-refractivity contribution is 8.00. The maximum absolute atomic E-state index is 6.27. The molecule has 0 atom stereocenters. The summed E-state index contributed by atoms with van der Waals surface area (Å²) in [5, 5.41) is 5.75. The maximum atomic E-state index is 6.27. The molecule has 0 radical (unpaired) electrons. The quantitative estimate of drug-likeness (QED) is 0.228. The number of aromatic nitrogens is 1. The summed E-state index contributed by atoms with van der Waals surface area (Å²) in [5.74, 6) is 1.47. The van der Waals surface area contributed by atoms with E-state index >= 15 is 0 Å². The van der Waals surface area contributed by atoms with Crippen LogP contribution in [0, 0.1) is 19.3 Å². The van der Waals surface area contributed by atoms with Gasteiger partial charge in [-0.1, -0.05) is 32.5 Å². The van der Waals surface area contributed by atoms with Crippen molar-refractivity contribution in [3.8, 4) is 11.3 Å². The molecule has 0 spiro atoms. The second kappa shape index (κ2) is 6.48. The van der Waals surface area contributed by atoms with Gasteiger partial charge in [0.15, 0.2) is 6.20 Å². The van der Waals surface area contributed by atoms with Crippen molar-refractivity contribution in [2.75, 3.05) is 0 Å². The van der Waals surface area contributed by atoms with Crippen LogP contribution in [0.15, 0.2) is 59.8 Å². The Morgan fingerprint density at radius 3 is 2.56 bits per heavy atom. The van der Waals surface area contributed by atoms with Crippen LogP contribution in [0.3, 0.4) is 0 Å². The monoisotopic (exact) mass is 468 g/mol. The van der Waals surface area contributed by atoms with Crippen molar-refractivity contribution in [3.63, 3.8) is 0 Å². The number of fused-ring (bicyclic) bond motifs is 7. The standard InChI is InChI=1S/C29H26NO3S/c1-14-11-19-18-12-21-23-17(26(18)33-28(19)32-14)7-9-30(6)24(23)22-15(2)25-16(8-10-31-25)20(27(22)34-21)13-29(3,4)5/h7-12H,13H2,1-6H3/q+1. The highest BCUT2D eigenvalue weighted by atomic mass is 32.2. The Bertz CT molecular complexity index is 1820. The summed E-state index contributed by atoms with van der Waals surface area (Å²) in [6, 6.07) is 8.68. The Kier molecular flexibility index (Phi) is 3.85. The van der Waals surface area contributed by atoms with Gasteiger partial charge in [-0.2, -0.15) is 0 Å². The van der Waals surface area contributed by atoms with Crippen molar-refractivity contribution in [1.29, 1.82) is 0 Å². The second-order valence-electron chi connectivity index (χ2n) is 10.8. The smallest absolute Gasteiger partial charge is 0.298 e. The lowest BCUT2D eigenvalue weighted by atomic mass is 9.84. The van der Waals surface area contributed by atoms with Crippen molar-refractivity contribution in [2.24, 2.45) is 12.5 Å². The van der Waals surface area contributed by atoms with Crippen molar-refractivity contribution in [1.82, 2.24) is 0 Å². The number of hydrogen-bond donors (Lipinski definition) is 0. The van der Waals surface area contributed by atoms with Gasteiger partial charge in [-0.15, -0.1) is 0 Å². The molecule has 34 heavy (non-hydrogen) atoms. The summed E-state index contributed by atoms with van der Waals surface area (Å²) in [6.07, 6.45) is 4.96. The largest absolute Gasteiger partial charge is 0.464 e. The third kappa shape index (κ3) is 2.59. The number of nitrogens with zero attached hydrogens (tertiary/aromatic N) is 1. The first kappa shape index (κ1) is 20.2. The molecule has 4 nitrogen and oxygen atoms in total. The molecule has 0 saturated heterocycles. The molecule has 1 aliphatic rings. The number of aryl methyl sites for hydroxylation is 3. The van der Waals surface area contributed by atoms with Gasteiger partial charge in [-0.05, 0) is 49.4 Å². The Labute approximate surface area is 201 Å². The van der Waals surface area contributed by atoms with E-state index < -0.39 is 0 Å². The van der Waals surface area contributed by atoms with E-state index in [0.717, 1.165) is 39.5 Å². The van der Waals surface area contributed by atoms with Gasteiger partial charge in [0.25, 0.3) is 5.78 Å². The molecule has 4 aromatic heterocycles. The van der Waals surface area contributed by atoms with Crippen LogP contribution in [0.25, 0.3) is 55.1 Å². The highest BCUT2D eigenvalue weighted by Gasteiger charge is 2.35. The fourth-order valence-corrected chi connectivity index (χ4v) is 7.01. The third-order valence-corrected chi connectivity index (χ3v) is 8.20. The first-order valence-corrected chi connectivity index (χ1v) is 12.5. The van der Waals surface area contributed by atoms with Crippen molar-refractivity contribution >= 4 is 55.6 Å². The van der Waals surface area contributed by atoms with Gasteiger partial charge < -0.3 is 13.3 Å². The minimum atomic E-state index is 0.150. The van der Waals surface area contributed by atoms with Gasteiger partial charge in [-0.25, -0.2) is 4.57 Å². The van der Waals surface area contributed by atoms with Crippen molar-refractivity contribution < 1.29 is 17.8 Å². The van der Waals surface area contributed by atoms with Crippen LogP contribution in [0.4, 0.5) is 0 Å². The molecule has 5 heteroatoms. The van der Waals surface area contributed by atoms with E-state index in [2.05, 4.69) is 69.8 Å². The minimum Gasteiger partial charge on any atom is -0.464 e. The first-order chi connectivity index (χ1) is 16.2. The van der Waals surface area contributed by atoms with E-state index in [1.165, 1.54) is 42.9 Å². The Morgan fingerprint density at radius 2 is 1.76 bits per heavy atom. The van der Waals surface area contributed by atoms with Crippen LogP contribution in [0.1, 0.15) is 37.7 Å². The second-order valence-corrected chi connectivity index (χ2v) is 11.8. The molecule has 0 bridgehead atoms. The van der Waals surface area contributed by atoms with Gasteiger partial charge in [-0.3, -0.25) is 0 Å². The SMILES string of the molecule is Cc1cc2c(o1)oc1c3cc[n+](C)c4c3c(cc21)Sc1c-4c(C)c2occc2c1CC(C)(C)C. The number of pyridine rings is 1. The molecule has 170 valence electrons. The molecule has 0 N–H and O–H groups in total. The van der Waals surface area contributed by atoms with Gasteiger partial charge in [0, 0.05) is 37.6 Å².